The smallest absolute Gasteiger partial charge is 0.355 e. The van der Waals surface area contributed by atoms with Gasteiger partial charge in [0, 0.05) is 6.54 Å². The molecule has 0 aromatic rings. The van der Waals surface area contributed by atoms with Crippen molar-refractivity contribution in [3.05, 3.63) is 0 Å². The molecule has 0 heterocycles. The van der Waals surface area contributed by atoms with E-state index in [4.69, 9.17) is 5.73 Å². The van der Waals surface area contributed by atoms with Crippen molar-refractivity contribution in [3.8, 4) is 0 Å². The van der Waals surface area contributed by atoms with Crippen molar-refractivity contribution in [2.24, 2.45) is 5.73 Å². The molecule has 0 fully saturated rings. The highest BCUT2D eigenvalue weighted by atomic mass is 35.5. The average molecular weight is 253 g/mol. The standard InChI is InChI=1S/C6H11F3N2OS.ClH/c7-6(8,9)13-4-5(12)11-3-1-2-10;/h1-4,10H2,(H,11,12);1H. The lowest BCUT2D eigenvalue weighted by atomic mass is 10.4. The summed E-state index contributed by atoms with van der Waals surface area (Å²) in [5.41, 5.74) is 0.779. The van der Waals surface area contributed by atoms with E-state index in [0.717, 1.165) is 0 Å². The minimum Gasteiger partial charge on any atom is -0.355 e. The van der Waals surface area contributed by atoms with Crippen LogP contribution in [0.3, 0.4) is 0 Å². The second-order valence-corrected chi connectivity index (χ2v) is 3.27. The first-order valence-corrected chi connectivity index (χ1v) is 4.61. The predicted octanol–water partition coefficient (Wildman–Crippen LogP) is 1.13. The fourth-order valence-corrected chi connectivity index (χ4v) is 0.925. The van der Waals surface area contributed by atoms with Crippen molar-refractivity contribution in [1.29, 1.82) is 0 Å². The van der Waals surface area contributed by atoms with Crippen LogP contribution < -0.4 is 11.1 Å². The quantitative estimate of drug-likeness (QED) is 0.721. The SMILES string of the molecule is Cl.NCCCNC(=O)CSC(F)(F)F. The van der Waals surface area contributed by atoms with Gasteiger partial charge in [0.15, 0.2) is 0 Å². The average Bonchev–Trinajstić information content (AvgIpc) is 2.00. The van der Waals surface area contributed by atoms with Crippen molar-refractivity contribution in [3.63, 3.8) is 0 Å². The van der Waals surface area contributed by atoms with Crippen LogP contribution in [-0.2, 0) is 4.79 Å². The Labute approximate surface area is 90.4 Å². The first kappa shape index (κ1) is 16.3. The molecular formula is C6H12ClF3N2OS. The van der Waals surface area contributed by atoms with Crippen LogP contribution in [0.15, 0.2) is 0 Å². The zero-order valence-corrected chi connectivity index (χ0v) is 8.90. The second-order valence-electron chi connectivity index (χ2n) is 2.23. The van der Waals surface area contributed by atoms with Gasteiger partial charge in [-0.15, -0.1) is 12.4 Å². The maximum Gasteiger partial charge on any atom is 0.442 e. The summed E-state index contributed by atoms with van der Waals surface area (Å²) < 4.78 is 34.7. The van der Waals surface area contributed by atoms with Crippen molar-refractivity contribution in [2.75, 3.05) is 18.8 Å². The molecule has 1 amide bonds. The van der Waals surface area contributed by atoms with Crippen LogP contribution in [0, 0.1) is 0 Å². The van der Waals surface area contributed by atoms with Gasteiger partial charge in [-0.2, -0.15) is 13.2 Å². The van der Waals surface area contributed by atoms with Crippen LogP contribution in [0.2, 0.25) is 0 Å². The molecule has 0 aromatic carbocycles. The van der Waals surface area contributed by atoms with E-state index in [1.54, 1.807) is 0 Å². The summed E-state index contributed by atoms with van der Waals surface area (Å²) in [4.78, 5) is 10.7. The lowest BCUT2D eigenvalue weighted by Gasteiger charge is -2.05. The van der Waals surface area contributed by atoms with Crippen molar-refractivity contribution in [2.45, 2.75) is 11.9 Å². The van der Waals surface area contributed by atoms with Gasteiger partial charge in [0.1, 0.15) is 0 Å². The Morgan fingerprint density at radius 2 is 2.00 bits per heavy atom. The van der Waals surface area contributed by atoms with Gasteiger partial charge in [0.05, 0.1) is 5.75 Å². The number of alkyl halides is 3. The van der Waals surface area contributed by atoms with Gasteiger partial charge in [-0.3, -0.25) is 4.79 Å². The zero-order valence-electron chi connectivity index (χ0n) is 7.26. The molecule has 0 atom stereocenters. The number of nitrogens with two attached hydrogens (primary N) is 1. The van der Waals surface area contributed by atoms with Crippen LogP contribution in [0.25, 0.3) is 0 Å². The topological polar surface area (TPSA) is 55.1 Å². The van der Waals surface area contributed by atoms with E-state index in [9.17, 15) is 18.0 Å². The number of thioether (sulfide) groups is 1. The minimum absolute atomic E-state index is 0. The summed E-state index contributed by atoms with van der Waals surface area (Å²) in [6, 6.07) is 0. The highest BCUT2D eigenvalue weighted by molar-refractivity contribution is 8.00. The molecule has 0 saturated heterocycles. The molecular weight excluding hydrogens is 241 g/mol. The molecule has 14 heavy (non-hydrogen) atoms. The number of carbonyl (C=O) groups excluding carboxylic acids is 1. The molecule has 0 spiro atoms. The summed E-state index contributed by atoms with van der Waals surface area (Å²) in [6.07, 6.45) is 0.572. The molecule has 8 heteroatoms. The molecule has 0 unspecified atom stereocenters. The number of halogens is 4. The van der Waals surface area contributed by atoms with Gasteiger partial charge in [0.25, 0.3) is 0 Å². The Morgan fingerprint density at radius 1 is 1.43 bits per heavy atom. The highest BCUT2D eigenvalue weighted by Crippen LogP contribution is 2.29. The summed E-state index contributed by atoms with van der Waals surface area (Å²) in [6.45, 7) is 0.737. The lowest BCUT2D eigenvalue weighted by molar-refractivity contribution is -0.118. The van der Waals surface area contributed by atoms with Crippen LogP contribution >= 0.6 is 24.2 Å². The van der Waals surface area contributed by atoms with Crippen LogP contribution in [0.1, 0.15) is 6.42 Å². The molecule has 0 rings (SSSR count). The fraction of sp³-hybridized carbons (Fsp3) is 0.833. The first-order valence-electron chi connectivity index (χ1n) is 3.63. The zero-order chi connectivity index (χ0) is 10.3. The summed E-state index contributed by atoms with van der Waals surface area (Å²) in [5, 5.41) is 2.32. The van der Waals surface area contributed by atoms with Crippen molar-refractivity contribution < 1.29 is 18.0 Å². The first-order chi connectivity index (χ1) is 5.95. The molecule has 0 bridgehead atoms. The summed E-state index contributed by atoms with van der Waals surface area (Å²) in [5.74, 6) is -1.20. The molecule has 0 aliphatic carbocycles. The van der Waals surface area contributed by atoms with E-state index < -0.39 is 17.2 Å². The normalized spacial score (nSPS) is 10.6. The molecule has 0 aromatic heterocycles. The monoisotopic (exact) mass is 252 g/mol. The summed E-state index contributed by atoms with van der Waals surface area (Å²) in [7, 11) is 0. The third-order valence-electron chi connectivity index (χ3n) is 1.07. The number of hydrogen-bond acceptors (Lipinski definition) is 3. The van der Waals surface area contributed by atoms with Gasteiger partial charge in [0.2, 0.25) is 5.91 Å². The van der Waals surface area contributed by atoms with Gasteiger partial charge in [-0.25, -0.2) is 0 Å². The summed E-state index contributed by atoms with van der Waals surface area (Å²) >= 11 is -0.344. The molecule has 3 N–H and O–H groups in total. The Bertz CT molecular complexity index is 168. The molecule has 0 saturated carbocycles. The van der Waals surface area contributed by atoms with E-state index >= 15 is 0 Å². The van der Waals surface area contributed by atoms with Crippen LogP contribution in [0.4, 0.5) is 13.2 Å². The van der Waals surface area contributed by atoms with E-state index in [1.165, 1.54) is 0 Å². The molecule has 0 aliphatic heterocycles. The predicted molar refractivity (Wildman–Crippen MR) is 52.4 cm³/mol. The number of nitrogens with one attached hydrogen (secondary N) is 1. The second kappa shape index (κ2) is 8.19. The molecule has 86 valence electrons. The van der Waals surface area contributed by atoms with Crippen LogP contribution in [0.5, 0.6) is 0 Å². The number of rotatable bonds is 5. The van der Waals surface area contributed by atoms with Crippen LogP contribution in [-0.4, -0.2) is 30.3 Å². The van der Waals surface area contributed by atoms with Crippen molar-refractivity contribution >= 4 is 30.1 Å². The van der Waals surface area contributed by atoms with E-state index in [1.807, 2.05) is 0 Å². The van der Waals surface area contributed by atoms with E-state index in [2.05, 4.69) is 5.32 Å². The van der Waals surface area contributed by atoms with Gasteiger partial charge >= 0.3 is 5.51 Å². The van der Waals surface area contributed by atoms with Gasteiger partial charge in [-0.05, 0) is 24.7 Å². The fourth-order valence-electron chi connectivity index (χ4n) is 0.528. The Hall–Kier alpha value is -0.140. The Balaban J connectivity index is 0. The van der Waals surface area contributed by atoms with Crippen molar-refractivity contribution in [1.82, 2.24) is 5.32 Å². The maximum atomic E-state index is 11.6. The molecule has 0 aliphatic rings. The number of amides is 1. The van der Waals surface area contributed by atoms with E-state index in [0.29, 0.717) is 19.5 Å². The third kappa shape index (κ3) is 11.9. The Morgan fingerprint density at radius 3 is 2.43 bits per heavy atom. The number of hydrogen-bond donors (Lipinski definition) is 2. The lowest BCUT2D eigenvalue weighted by Crippen LogP contribution is -2.28. The third-order valence-corrected chi connectivity index (χ3v) is 1.80. The highest BCUT2D eigenvalue weighted by Gasteiger charge is 2.28. The molecule has 0 radical (unpaired) electrons. The maximum absolute atomic E-state index is 11.6. The van der Waals surface area contributed by atoms with Gasteiger partial charge in [-0.1, -0.05) is 0 Å². The van der Waals surface area contributed by atoms with E-state index in [-0.39, 0.29) is 24.2 Å². The minimum atomic E-state index is -4.34. The van der Waals surface area contributed by atoms with Gasteiger partial charge < -0.3 is 11.1 Å². The molecule has 3 nitrogen and oxygen atoms in total. The number of carbonyl (C=O) groups is 1. The Kier molecular flexibility index (Phi) is 9.53. The largest absolute Gasteiger partial charge is 0.442 e.